The lowest BCUT2D eigenvalue weighted by Gasteiger charge is -2.20. The summed E-state index contributed by atoms with van der Waals surface area (Å²) in [4.78, 5) is 14.8. The number of amides is 1. The molecule has 11 heavy (non-hydrogen) atoms. The number of rotatable bonds is 3. The average Bonchev–Trinajstić information content (AvgIpc) is 1.87. The highest BCUT2D eigenvalue weighted by atomic mass is 16.2. The minimum atomic E-state index is 0.186. The number of hydrogen-bond donors (Lipinski definition) is 0. The number of hydrogen-bond acceptors (Lipinski definition) is 2. The van der Waals surface area contributed by atoms with Crippen molar-refractivity contribution in [2.24, 2.45) is 0 Å². The summed E-state index contributed by atoms with van der Waals surface area (Å²) in [5.41, 5.74) is 0. The molecule has 0 N–H and O–H groups in total. The van der Waals surface area contributed by atoms with Crippen molar-refractivity contribution in [1.29, 1.82) is 0 Å². The Hall–Kier alpha value is -0.570. The van der Waals surface area contributed by atoms with Gasteiger partial charge in [-0.05, 0) is 21.0 Å². The van der Waals surface area contributed by atoms with Crippen LogP contribution in [0.4, 0.5) is 0 Å². The highest BCUT2D eigenvalue weighted by Crippen LogP contribution is 1.99. The van der Waals surface area contributed by atoms with Crippen molar-refractivity contribution in [3.8, 4) is 0 Å². The van der Waals surface area contributed by atoms with E-state index in [-0.39, 0.29) is 5.91 Å². The molecule has 0 saturated heterocycles. The third-order valence-corrected chi connectivity index (χ3v) is 1.85. The number of carbonyl (C=O) groups is 1. The van der Waals surface area contributed by atoms with Gasteiger partial charge in [0.05, 0.1) is 0 Å². The molecule has 0 unspecified atom stereocenters. The maximum Gasteiger partial charge on any atom is 0.223 e. The molecule has 0 aromatic carbocycles. The molecule has 3 heteroatoms. The van der Waals surface area contributed by atoms with Crippen LogP contribution in [0.25, 0.3) is 0 Å². The smallest absolute Gasteiger partial charge is 0.223 e. The monoisotopic (exact) mass is 158 g/mol. The van der Waals surface area contributed by atoms with Crippen LogP contribution < -0.4 is 0 Å². The summed E-state index contributed by atoms with van der Waals surface area (Å²) in [6.45, 7) is 2.04. The Balaban J connectivity index is 3.76. The third kappa shape index (κ3) is 3.98. The summed E-state index contributed by atoms with van der Waals surface area (Å²) in [7, 11) is 7.52. The van der Waals surface area contributed by atoms with Gasteiger partial charge in [0.1, 0.15) is 0 Å². The molecule has 66 valence electrons. The van der Waals surface area contributed by atoms with E-state index in [2.05, 4.69) is 0 Å². The Morgan fingerprint density at radius 1 is 1.27 bits per heavy atom. The van der Waals surface area contributed by atoms with Crippen LogP contribution in [0.2, 0.25) is 0 Å². The second-order valence-corrected chi connectivity index (χ2v) is 3.30. The largest absolute Gasteiger partial charge is 0.349 e. The van der Waals surface area contributed by atoms with Gasteiger partial charge in [0.15, 0.2) is 0 Å². The van der Waals surface area contributed by atoms with Gasteiger partial charge in [0, 0.05) is 26.6 Å². The summed E-state index contributed by atoms with van der Waals surface area (Å²) in [5.74, 6) is 0.186. The molecule has 0 saturated carbocycles. The summed E-state index contributed by atoms with van der Waals surface area (Å²) in [6.07, 6.45) is 0.597. The maximum atomic E-state index is 11.2. The molecule has 0 aliphatic heterocycles. The molecule has 0 radical (unpaired) electrons. The van der Waals surface area contributed by atoms with Gasteiger partial charge in [-0.15, -0.1) is 0 Å². The second-order valence-electron chi connectivity index (χ2n) is 3.30. The van der Waals surface area contributed by atoms with Gasteiger partial charge in [-0.25, -0.2) is 0 Å². The molecule has 1 atom stereocenters. The Kier molecular flexibility index (Phi) is 4.11. The lowest BCUT2D eigenvalue weighted by atomic mass is 10.2. The highest BCUT2D eigenvalue weighted by Gasteiger charge is 2.11. The van der Waals surface area contributed by atoms with E-state index in [0.29, 0.717) is 12.5 Å². The average molecular weight is 158 g/mol. The Bertz CT molecular complexity index is 132. The minimum Gasteiger partial charge on any atom is -0.349 e. The van der Waals surface area contributed by atoms with Crippen molar-refractivity contribution in [2.75, 3.05) is 28.2 Å². The first kappa shape index (κ1) is 10.4. The van der Waals surface area contributed by atoms with Gasteiger partial charge in [-0.2, -0.15) is 0 Å². The van der Waals surface area contributed by atoms with Crippen LogP contribution in [0.3, 0.4) is 0 Å². The predicted molar refractivity (Wildman–Crippen MR) is 46.5 cm³/mol. The molecule has 1 amide bonds. The van der Waals surface area contributed by atoms with Gasteiger partial charge in [0.2, 0.25) is 5.91 Å². The molecule has 0 bridgehead atoms. The standard InChI is InChI=1S/C8H18N2O/c1-7(9(2)3)6-8(11)10(4)5/h7H,6H2,1-5H3/t7-/m1/s1. The van der Waals surface area contributed by atoms with Crippen LogP contribution >= 0.6 is 0 Å². The van der Waals surface area contributed by atoms with Crippen LogP contribution in [0.15, 0.2) is 0 Å². The zero-order valence-corrected chi connectivity index (χ0v) is 8.09. The van der Waals surface area contributed by atoms with Gasteiger partial charge < -0.3 is 9.80 Å². The molecular formula is C8H18N2O. The van der Waals surface area contributed by atoms with Crippen LogP contribution in [0.5, 0.6) is 0 Å². The molecule has 0 aliphatic rings. The molecule has 3 nitrogen and oxygen atoms in total. The Labute approximate surface area is 69.0 Å². The van der Waals surface area contributed by atoms with Crippen molar-refractivity contribution in [3.05, 3.63) is 0 Å². The van der Waals surface area contributed by atoms with Crippen LogP contribution in [0, 0.1) is 0 Å². The summed E-state index contributed by atoms with van der Waals surface area (Å²) in [5, 5.41) is 0. The quantitative estimate of drug-likeness (QED) is 0.594. The topological polar surface area (TPSA) is 23.6 Å². The molecule has 0 aromatic heterocycles. The third-order valence-electron chi connectivity index (χ3n) is 1.85. The first-order chi connectivity index (χ1) is 4.95. The van der Waals surface area contributed by atoms with Crippen molar-refractivity contribution in [2.45, 2.75) is 19.4 Å². The summed E-state index contributed by atoms with van der Waals surface area (Å²) >= 11 is 0. The van der Waals surface area contributed by atoms with E-state index in [1.165, 1.54) is 0 Å². The highest BCUT2D eigenvalue weighted by molar-refractivity contribution is 5.76. The van der Waals surface area contributed by atoms with Crippen molar-refractivity contribution in [3.63, 3.8) is 0 Å². The fourth-order valence-electron chi connectivity index (χ4n) is 0.618. The summed E-state index contributed by atoms with van der Waals surface area (Å²) in [6, 6.07) is 0.324. The van der Waals surface area contributed by atoms with Crippen LogP contribution in [-0.4, -0.2) is 49.9 Å². The fraction of sp³-hybridized carbons (Fsp3) is 0.875. The first-order valence-corrected chi connectivity index (χ1v) is 3.81. The summed E-state index contributed by atoms with van der Waals surface area (Å²) < 4.78 is 0. The number of carbonyl (C=O) groups excluding carboxylic acids is 1. The first-order valence-electron chi connectivity index (χ1n) is 3.81. The molecule has 0 aliphatic carbocycles. The van der Waals surface area contributed by atoms with Gasteiger partial charge in [-0.1, -0.05) is 0 Å². The van der Waals surface area contributed by atoms with Gasteiger partial charge in [0.25, 0.3) is 0 Å². The Morgan fingerprint density at radius 3 is 2.00 bits per heavy atom. The molecule has 0 aromatic rings. The minimum absolute atomic E-state index is 0.186. The van der Waals surface area contributed by atoms with Gasteiger partial charge in [-0.3, -0.25) is 4.79 Å². The van der Waals surface area contributed by atoms with E-state index in [1.807, 2.05) is 25.9 Å². The van der Waals surface area contributed by atoms with E-state index in [4.69, 9.17) is 0 Å². The maximum absolute atomic E-state index is 11.2. The van der Waals surface area contributed by atoms with Crippen molar-refractivity contribution < 1.29 is 4.79 Å². The van der Waals surface area contributed by atoms with E-state index in [9.17, 15) is 4.79 Å². The molecule has 0 rings (SSSR count). The van der Waals surface area contributed by atoms with E-state index >= 15 is 0 Å². The number of nitrogens with zero attached hydrogens (tertiary/aromatic N) is 2. The fourth-order valence-corrected chi connectivity index (χ4v) is 0.618. The van der Waals surface area contributed by atoms with Crippen LogP contribution in [0.1, 0.15) is 13.3 Å². The van der Waals surface area contributed by atoms with E-state index < -0.39 is 0 Å². The van der Waals surface area contributed by atoms with Crippen molar-refractivity contribution >= 4 is 5.91 Å². The molecular weight excluding hydrogens is 140 g/mol. The van der Waals surface area contributed by atoms with E-state index in [0.717, 1.165) is 0 Å². The molecule has 0 spiro atoms. The zero-order valence-electron chi connectivity index (χ0n) is 8.09. The second kappa shape index (κ2) is 4.34. The van der Waals surface area contributed by atoms with E-state index in [1.54, 1.807) is 19.0 Å². The lowest BCUT2D eigenvalue weighted by Crippen LogP contribution is -2.32. The SMILES string of the molecule is C[C@H](CC(=O)N(C)C)N(C)C. The lowest BCUT2D eigenvalue weighted by molar-refractivity contribution is -0.129. The molecule has 0 heterocycles. The zero-order chi connectivity index (χ0) is 9.02. The predicted octanol–water partition coefficient (Wildman–Crippen LogP) is 0.415. The van der Waals surface area contributed by atoms with Crippen molar-refractivity contribution in [1.82, 2.24) is 9.80 Å². The van der Waals surface area contributed by atoms with Gasteiger partial charge >= 0.3 is 0 Å². The Morgan fingerprint density at radius 2 is 1.73 bits per heavy atom. The van der Waals surface area contributed by atoms with Crippen LogP contribution in [-0.2, 0) is 4.79 Å². The molecule has 0 fully saturated rings. The normalized spacial score (nSPS) is 13.3.